The van der Waals surface area contributed by atoms with E-state index in [2.05, 4.69) is 0 Å². The number of aryl methyl sites for hydroxylation is 1. The lowest BCUT2D eigenvalue weighted by Crippen LogP contribution is -2.35. The number of aromatic nitrogens is 1. The quantitative estimate of drug-likeness (QED) is 0.811. The fraction of sp³-hybridized carbons (Fsp3) is 0.462. The van der Waals surface area contributed by atoms with Crippen molar-refractivity contribution >= 4 is 11.9 Å². The summed E-state index contributed by atoms with van der Waals surface area (Å²) in [5, 5.41) is 0. The van der Waals surface area contributed by atoms with Crippen LogP contribution in [0.2, 0.25) is 0 Å². The number of amides is 1. The topological polar surface area (TPSA) is 91.4 Å². The third-order valence-corrected chi connectivity index (χ3v) is 2.97. The maximum Gasteiger partial charge on any atom is 0.340 e. The Morgan fingerprint density at radius 2 is 2.00 bits per heavy atom. The van der Waals surface area contributed by atoms with Crippen LogP contribution in [0.1, 0.15) is 41.5 Å². The standard InChI is InChI=1S/C13H18N2O4/c1-5-19-13(18)11-7(2)6-10(16)15(8(11)3)9(4)12(14)17/h6,9H,5H2,1-4H3,(H2,14,17). The second kappa shape index (κ2) is 5.69. The summed E-state index contributed by atoms with van der Waals surface area (Å²) in [4.78, 5) is 35.1. The first-order valence-electron chi connectivity index (χ1n) is 6.00. The van der Waals surface area contributed by atoms with E-state index in [4.69, 9.17) is 10.5 Å². The van der Waals surface area contributed by atoms with Gasteiger partial charge in [-0.3, -0.25) is 14.2 Å². The molecule has 6 heteroatoms. The van der Waals surface area contributed by atoms with E-state index in [1.54, 1.807) is 20.8 Å². The van der Waals surface area contributed by atoms with E-state index in [1.165, 1.54) is 17.6 Å². The summed E-state index contributed by atoms with van der Waals surface area (Å²) < 4.78 is 6.16. The van der Waals surface area contributed by atoms with Crippen LogP contribution in [0.3, 0.4) is 0 Å². The molecule has 0 saturated carbocycles. The predicted molar refractivity (Wildman–Crippen MR) is 70.0 cm³/mol. The molecule has 19 heavy (non-hydrogen) atoms. The third kappa shape index (κ3) is 2.83. The van der Waals surface area contributed by atoms with Gasteiger partial charge >= 0.3 is 5.97 Å². The average molecular weight is 266 g/mol. The molecule has 0 aliphatic carbocycles. The van der Waals surface area contributed by atoms with Gasteiger partial charge in [-0.1, -0.05) is 0 Å². The Kier molecular flexibility index (Phi) is 4.47. The second-order valence-corrected chi connectivity index (χ2v) is 4.29. The third-order valence-electron chi connectivity index (χ3n) is 2.97. The van der Waals surface area contributed by atoms with Gasteiger partial charge in [-0.05, 0) is 33.3 Å². The first-order valence-corrected chi connectivity index (χ1v) is 6.00. The van der Waals surface area contributed by atoms with Crippen molar-refractivity contribution < 1.29 is 14.3 Å². The van der Waals surface area contributed by atoms with Gasteiger partial charge in [-0.25, -0.2) is 4.79 Å². The Balaban J connectivity index is 3.51. The average Bonchev–Trinajstić information content (AvgIpc) is 2.28. The molecule has 1 amide bonds. The predicted octanol–water partition coefficient (Wildman–Crippen LogP) is 0.688. The number of nitrogens with zero attached hydrogens (tertiary/aromatic N) is 1. The van der Waals surface area contributed by atoms with Crippen molar-refractivity contribution in [2.75, 3.05) is 6.61 Å². The molecule has 0 bridgehead atoms. The van der Waals surface area contributed by atoms with Crippen molar-refractivity contribution in [2.24, 2.45) is 5.73 Å². The van der Waals surface area contributed by atoms with Gasteiger partial charge in [0.15, 0.2) is 0 Å². The van der Waals surface area contributed by atoms with Gasteiger partial charge in [0.1, 0.15) is 6.04 Å². The number of primary amides is 1. The van der Waals surface area contributed by atoms with E-state index in [9.17, 15) is 14.4 Å². The van der Waals surface area contributed by atoms with Crippen molar-refractivity contribution in [3.05, 3.63) is 33.2 Å². The smallest absolute Gasteiger partial charge is 0.340 e. The van der Waals surface area contributed by atoms with Crippen molar-refractivity contribution in [2.45, 2.75) is 33.7 Å². The summed E-state index contributed by atoms with van der Waals surface area (Å²) in [7, 11) is 0. The molecule has 6 nitrogen and oxygen atoms in total. The van der Waals surface area contributed by atoms with Crippen LogP contribution in [0.4, 0.5) is 0 Å². The maximum absolute atomic E-state index is 11.9. The Labute approximate surface area is 111 Å². The normalized spacial score (nSPS) is 12.0. The highest BCUT2D eigenvalue weighted by atomic mass is 16.5. The molecule has 0 spiro atoms. The number of esters is 1. The van der Waals surface area contributed by atoms with Crippen LogP contribution in [0.15, 0.2) is 10.9 Å². The summed E-state index contributed by atoms with van der Waals surface area (Å²) in [6, 6.07) is 0.486. The largest absolute Gasteiger partial charge is 0.462 e. The highest BCUT2D eigenvalue weighted by Crippen LogP contribution is 2.16. The lowest BCUT2D eigenvalue weighted by molar-refractivity contribution is -0.120. The molecule has 0 aliphatic rings. The highest BCUT2D eigenvalue weighted by Gasteiger charge is 2.22. The molecule has 1 heterocycles. The van der Waals surface area contributed by atoms with Crippen LogP contribution < -0.4 is 11.3 Å². The van der Waals surface area contributed by atoms with Crippen LogP contribution >= 0.6 is 0 Å². The summed E-state index contributed by atoms with van der Waals surface area (Å²) >= 11 is 0. The lowest BCUT2D eigenvalue weighted by Gasteiger charge is -2.18. The molecule has 104 valence electrons. The van der Waals surface area contributed by atoms with Crippen LogP contribution in [-0.4, -0.2) is 23.1 Å². The van der Waals surface area contributed by atoms with Gasteiger partial charge in [-0.2, -0.15) is 0 Å². The van der Waals surface area contributed by atoms with E-state index >= 15 is 0 Å². The first-order chi connectivity index (χ1) is 8.81. The zero-order valence-electron chi connectivity index (χ0n) is 11.5. The fourth-order valence-corrected chi connectivity index (χ4v) is 2.02. The summed E-state index contributed by atoms with van der Waals surface area (Å²) in [5.41, 5.74) is 6.05. The zero-order chi connectivity index (χ0) is 14.7. The number of hydrogen-bond donors (Lipinski definition) is 1. The van der Waals surface area contributed by atoms with Crippen LogP contribution in [-0.2, 0) is 9.53 Å². The number of rotatable bonds is 4. The van der Waals surface area contributed by atoms with Gasteiger partial charge in [0.05, 0.1) is 12.2 Å². The molecule has 1 rings (SSSR count). The maximum atomic E-state index is 11.9. The Bertz CT molecular complexity index is 575. The monoisotopic (exact) mass is 266 g/mol. The molecular formula is C13H18N2O4. The van der Waals surface area contributed by atoms with Gasteiger partial charge in [0.2, 0.25) is 5.91 Å². The van der Waals surface area contributed by atoms with Gasteiger partial charge in [0, 0.05) is 11.8 Å². The van der Waals surface area contributed by atoms with Crippen molar-refractivity contribution in [1.82, 2.24) is 4.57 Å². The van der Waals surface area contributed by atoms with Crippen molar-refractivity contribution in [3.63, 3.8) is 0 Å². The fourth-order valence-electron chi connectivity index (χ4n) is 2.02. The minimum atomic E-state index is -0.818. The summed E-state index contributed by atoms with van der Waals surface area (Å²) in [5.74, 6) is -1.15. The molecule has 0 aromatic carbocycles. The van der Waals surface area contributed by atoms with Crippen LogP contribution in [0.25, 0.3) is 0 Å². The molecule has 1 atom stereocenters. The SMILES string of the molecule is CCOC(=O)c1c(C)cc(=O)n(C(C)C(N)=O)c1C. The number of carbonyl (C=O) groups excluding carboxylic acids is 2. The van der Waals surface area contributed by atoms with E-state index in [0.717, 1.165) is 0 Å². The lowest BCUT2D eigenvalue weighted by atomic mass is 10.1. The van der Waals surface area contributed by atoms with E-state index in [1.807, 2.05) is 0 Å². The Morgan fingerprint density at radius 3 is 2.47 bits per heavy atom. The van der Waals surface area contributed by atoms with Gasteiger partial charge < -0.3 is 10.5 Å². The van der Waals surface area contributed by atoms with E-state index < -0.39 is 17.9 Å². The molecule has 1 unspecified atom stereocenters. The van der Waals surface area contributed by atoms with Crippen LogP contribution in [0.5, 0.6) is 0 Å². The minimum Gasteiger partial charge on any atom is -0.462 e. The number of pyridine rings is 1. The zero-order valence-corrected chi connectivity index (χ0v) is 11.5. The molecule has 1 aromatic rings. The molecule has 0 aliphatic heterocycles. The molecular weight excluding hydrogens is 248 g/mol. The number of carbonyl (C=O) groups is 2. The number of nitrogens with two attached hydrogens (primary N) is 1. The summed E-state index contributed by atoms with van der Waals surface area (Å²) in [6.07, 6.45) is 0. The molecule has 0 radical (unpaired) electrons. The highest BCUT2D eigenvalue weighted by molar-refractivity contribution is 5.92. The molecule has 0 fully saturated rings. The number of ether oxygens (including phenoxy) is 1. The minimum absolute atomic E-state index is 0.238. The number of hydrogen-bond acceptors (Lipinski definition) is 4. The summed E-state index contributed by atoms with van der Waals surface area (Å²) in [6.45, 7) is 6.70. The molecule has 0 saturated heterocycles. The van der Waals surface area contributed by atoms with Crippen molar-refractivity contribution in [1.29, 1.82) is 0 Å². The van der Waals surface area contributed by atoms with Crippen molar-refractivity contribution in [3.8, 4) is 0 Å². The van der Waals surface area contributed by atoms with E-state index in [-0.39, 0.29) is 12.2 Å². The molecule has 1 aromatic heterocycles. The van der Waals surface area contributed by atoms with Crippen LogP contribution in [0, 0.1) is 13.8 Å². The Hall–Kier alpha value is -2.11. The Morgan fingerprint density at radius 1 is 1.42 bits per heavy atom. The van der Waals surface area contributed by atoms with Gasteiger partial charge in [-0.15, -0.1) is 0 Å². The second-order valence-electron chi connectivity index (χ2n) is 4.29. The first kappa shape index (κ1) is 14.9. The van der Waals surface area contributed by atoms with Gasteiger partial charge in [0.25, 0.3) is 5.56 Å². The van der Waals surface area contributed by atoms with E-state index in [0.29, 0.717) is 16.8 Å². The molecule has 2 N–H and O–H groups in total.